The zero-order chi connectivity index (χ0) is 18.0. The first-order valence-electron chi connectivity index (χ1n) is 10.8. The molecule has 4 aliphatic rings. The molecule has 0 aromatic rings. The predicted molar refractivity (Wildman–Crippen MR) is 103 cm³/mol. The van der Waals surface area contributed by atoms with E-state index < -0.39 is 0 Å². The average Bonchev–Trinajstić information content (AvgIpc) is 3.08. The molecule has 2 spiro atoms. The molecule has 0 aromatic heterocycles. The Bertz CT molecular complexity index is 448. The van der Waals surface area contributed by atoms with Crippen LogP contribution in [0, 0.1) is 5.41 Å². The summed E-state index contributed by atoms with van der Waals surface area (Å²) in [7, 11) is 4.34. The van der Waals surface area contributed by atoms with E-state index in [2.05, 4.69) is 23.9 Å². The van der Waals surface area contributed by atoms with Gasteiger partial charge in [0.15, 0.2) is 0 Å². The van der Waals surface area contributed by atoms with E-state index in [1.807, 2.05) is 0 Å². The van der Waals surface area contributed by atoms with Gasteiger partial charge in [-0.05, 0) is 58.0 Å². The second-order valence-corrected chi connectivity index (χ2v) is 9.63. The minimum Gasteiger partial charge on any atom is -0.381 e. The van der Waals surface area contributed by atoms with E-state index in [9.17, 15) is 0 Å². The number of hydrogen-bond donors (Lipinski definition) is 0. The highest BCUT2D eigenvalue weighted by Gasteiger charge is 2.44. The monoisotopic (exact) mass is 366 g/mol. The Morgan fingerprint density at radius 1 is 1.04 bits per heavy atom. The fourth-order valence-electron chi connectivity index (χ4n) is 5.57. The third kappa shape index (κ3) is 4.27. The maximum absolute atomic E-state index is 6.43. The summed E-state index contributed by atoms with van der Waals surface area (Å²) in [6, 6.07) is 0.499. The van der Waals surface area contributed by atoms with E-state index in [1.165, 1.54) is 51.4 Å². The van der Waals surface area contributed by atoms with Crippen LogP contribution < -0.4 is 0 Å². The highest BCUT2D eigenvalue weighted by Crippen LogP contribution is 2.41. The summed E-state index contributed by atoms with van der Waals surface area (Å²) in [4.78, 5) is 5.01. The molecular formula is C21H38N2O3. The largest absolute Gasteiger partial charge is 0.381 e. The number of hydrogen-bond acceptors (Lipinski definition) is 5. The second kappa shape index (κ2) is 8.04. The maximum Gasteiger partial charge on any atom is 0.0809 e. The standard InChI is InChI=1S/C21H38N2O3/c1-22(2)13-18-15-26-21(6-3-4-7-21)16-23(18)14-19-5-8-20(17-25-19)9-11-24-12-10-20/h18-19H,3-17H2,1-2H3. The molecule has 0 aromatic carbocycles. The van der Waals surface area contributed by atoms with Crippen LogP contribution in [0.1, 0.15) is 51.4 Å². The lowest BCUT2D eigenvalue weighted by Gasteiger charge is -2.48. The van der Waals surface area contributed by atoms with Gasteiger partial charge < -0.3 is 19.1 Å². The highest BCUT2D eigenvalue weighted by molar-refractivity contribution is 4.97. The van der Waals surface area contributed by atoms with E-state index in [-0.39, 0.29) is 5.60 Å². The molecule has 0 bridgehead atoms. The first-order chi connectivity index (χ1) is 12.6. The Morgan fingerprint density at radius 3 is 2.46 bits per heavy atom. The molecule has 1 saturated carbocycles. The number of nitrogens with zero attached hydrogens (tertiary/aromatic N) is 2. The molecule has 4 fully saturated rings. The SMILES string of the molecule is CN(C)CC1COC2(CCCC2)CN1CC1CCC2(CCOCC2)CO1. The fourth-order valence-corrected chi connectivity index (χ4v) is 5.57. The van der Waals surface area contributed by atoms with Gasteiger partial charge in [-0.15, -0.1) is 0 Å². The van der Waals surface area contributed by atoms with Crippen molar-refractivity contribution in [2.24, 2.45) is 5.41 Å². The van der Waals surface area contributed by atoms with Crippen molar-refractivity contribution in [1.82, 2.24) is 9.80 Å². The van der Waals surface area contributed by atoms with Gasteiger partial charge >= 0.3 is 0 Å². The summed E-state index contributed by atoms with van der Waals surface area (Å²) < 4.78 is 18.4. The van der Waals surface area contributed by atoms with Gasteiger partial charge in [-0.3, -0.25) is 4.90 Å². The van der Waals surface area contributed by atoms with Gasteiger partial charge in [0, 0.05) is 38.9 Å². The summed E-state index contributed by atoms with van der Waals surface area (Å²) in [5, 5.41) is 0. The van der Waals surface area contributed by atoms with Crippen LogP contribution >= 0.6 is 0 Å². The van der Waals surface area contributed by atoms with Gasteiger partial charge in [0.2, 0.25) is 0 Å². The van der Waals surface area contributed by atoms with E-state index in [1.54, 1.807) is 0 Å². The van der Waals surface area contributed by atoms with Crippen molar-refractivity contribution in [3.05, 3.63) is 0 Å². The van der Waals surface area contributed by atoms with Crippen LogP contribution in [0.5, 0.6) is 0 Å². The zero-order valence-corrected chi connectivity index (χ0v) is 16.9. The lowest BCUT2D eigenvalue weighted by molar-refractivity contribution is -0.156. The van der Waals surface area contributed by atoms with Crippen molar-refractivity contribution >= 4 is 0 Å². The van der Waals surface area contributed by atoms with Crippen molar-refractivity contribution in [3.63, 3.8) is 0 Å². The van der Waals surface area contributed by atoms with E-state index in [0.29, 0.717) is 17.6 Å². The van der Waals surface area contributed by atoms with E-state index >= 15 is 0 Å². The number of likely N-dealkylation sites (N-methyl/N-ethyl adjacent to an activating group) is 1. The Hall–Kier alpha value is -0.200. The second-order valence-electron chi connectivity index (χ2n) is 9.63. The Kier molecular flexibility index (Phi) is 5.92. The summed E-state index contributed by atoms with van der Waals surface area (Å²) in [6.45, 7) is 6.92. The molecule has 3 aliphatic heterocycles. The van der Waals surface area contributed by atoms with E-state index in [4.69, 9.17) is 14.2 Å². The van der Waals surface area contributed by atoms with Crippen molar-refractivity contribution in [2.45, 2.75) is 69.1 Å². The topological polar surface area (TPSA) is 34.2 Å². The molecule has 2 atom stereocenters. The normalized spacial score (nSPS) is 34.7. The summed E-state index contributed by atoms with van der Waals surface area (Å²) in [5.74, 6) is 0. The summed E-state index contributed by atoms with van der Waals surface area (Å²) in [5.41, 5.74) is 0.550. The minimum absolute atomic E-state index is 0.138. The first-order valence-corrected chi connectivity index (χ1v) is 10.8. The molecule has 2 unspecified atom stereocenters. The molecule has 26 heavy (non-hydrogen) atoms. The molecule has 0 amide bonds. The number of rotatable bonds is 4. The van der Waals surface area contributed by atoms with Gasteiger partial charge in [-0.25, -0.2) is 0 Å². The third-order valence-electron chi connectivity index (χ3n) is 7.29. The van der Waals surface area contributed by atoms with Crippen LogP contribution in [0.2, 0.25) is 0 Å². The first kappa shape index (κ1) is 19.1. The number of morpholine rings is 1. The van der Waals surface area contributed by atoms with Crippen molar-refractivity contribution in [3.8, 4) is 0 Å². The molecule has 5 heteroatoms. The molecule has 3 heterocycles. The van der Waals surface area contributed by atoms with Gasteiger partial charge in [-0.2, -0.15) is 0 Å². The van der Waals surface area contributed by atoms with Crippen LogP contribution in [-0.2, 0) is 14.2 Å². The average molecular weight is 367 g/mol. The molecule has 3 saturated heterocycles. The summed E-state index contributed by atoms with van der Waals surface area (Å²) >= 11 is 0. The van der Waals surface area contributed by atoms with Crippen molar-refractivity contribution < 1.29 is 14.2 Å². The molecular weight excluding hydrogens is 328 g/mol. The van der Waals surface area contributed by atoms with Crippen LogP contribution in [-0.4, -0.2) is 87.7 Å². The zero-order valence-electron chi connectivity index (χ0n) is 16.9. The van der Waals surface area contributed by atoms with Gasteiger partial charge in [0.1, 0.15) is 0 Å². The Labute approximate surface area is 159 Å². The Morgan fingerprint density at radius 2 is 1.81 bits per heavy atom. The smallest absolute Gasteiger partial charge is 0.0809 e. The number of ether oxygens (including phenoxy) is 3. The molecule has 4 rings (SSSR count). The van der Waals surface area contributed by atoms with Crippen LogP contribution in [0.4, 0.5) is 0 Å². The quantitative estimate of drug-likeness (QED) is 0.764. The molecule has 1 aliphatic carbocycles. The summed E-state index contributed by atoms with van der Waals surface area (Å²) in [6.07, 6.45) is 10.4. The molecule has 5 nitrogen and oxygen atoms in total. The van der Waals surface area contributed by atoms with Crippen molar-refractivity contribution in [1.29, 1.82) is 0 Å². The third-order valence-corrected chi connectivity index (χ3v) is 7.29. The predicted octanol–water partition coefficient (Wildman–Crippen LogP) is 2.54. The molecule has 150 valence electrons. The Balaban J connectivity index is 1.35. The lowest BCUT2D eigenvalue weighted by Crippen LogP contribution is -2.60. The fraction of sp³-hybridized carbons (Fsp3) is 1.00. The minimum atomic E-state index is 0.138. The van der Waals surface area contributed by atoms with E-state index in [0.717, 1.165) is 46.1 Å². The highest BCUT2D eigenvalue weighted by atomic mass is 16.5. The lowest BCUT2D eigenvalue weighted by atomic mass is 9.75. The van der Waals surface area contributed by atoms with Crippen LogP contribution in [0.15, 0.2) is 0 Å². The van der Waals surface area contributed by atoms with Crippen LogP contribution in [0.3, 0.4) is 0 Å². The molecule has 0 N–H and O–H groups in total. The molecule has 0 radical (unpaired) electrons. The maximum atomic E-state index is 6.43. The van der Waals surface area contributed by atoms with Gasteiger partial charge in [-0.1, -0.05) is 12.8 Å². The van der Waals surface area contributed by atoms with Crippen LogP contribution in [0.25, 0.3) is 0 Å². The van der Waals surface area contributed by atoms with Gasteiger partial charge in [0.05, 0.1) is 24.9 Å². The van der Waals surface area contributed by atoms with Crippen molar-refractivity contribution in [2.75, 3.05) is 60.2 Å². The van der Waals surface area contributed by atoms with Gasteiger partial charge in [0.25, 0.3) is 0 Å².